The van der Waals surface area contributed by atoms with Gasteiger partial charge >= 0.3 is 5.97 Å². The summed E-state index contributed by atoms with van der Waals surface area (Å²) in [6.45, 7) is 4.98. The van der Waals surface area contributed by atoms with Crippen LogP contribution < -0.4 is 5.32 Å². The molecule has 0 aliphatic heterocycles. The van der Waals surface area contributed by atoms with Gasteiger partial charge in [-0.25, -0.2) is 0 Å². The molecule has 0 spiro atoms. The maximum absolute atomic E-state index is 12.6. The number of allylic oxidation sites excluding steroid dienone is 2. The molecule has 0 fully saturated rings. The number of hydrogen-bond donors (Lipinski definition) is 3. The third kappa shape index (κ3) is 65.7. The number of nitrogens with one attached hydrogen (secondary N) is 1. The minimum atomic E-state index is -0.663. The van der Waals surface area contributed by atoms with Crippen LogP contribution in [0.25, 0.3) is 0 Å². The molecule has 0 heterocycles. The van der Waals surface area contributed by atoms with Crippen LogP contribution in [0.5, 0.6) is 0 Å². The molecule has 0 aromatic heterocycles. The van der Waals surface area contributed by atoms with Crippen LogP contribution in [0.1, 0.15) is 425 Å². The highest BCUT2D eigenvalue weighted by Gasteiger charge is 2.20. The van der Waals surface area contributed by atoms with Gasteiger partial charge in [-0.2, -0.15) is 0 Å². The molecule has 2 atom stereocenters. The molecule has 6 heteroatoms. The second-order valence-corrected chi connectivity index (χ2v) is 25.6. The monoisotopic (exact) mass is 1130 g/mol. The molecule has 6 nitrogen and oxygen atoms in total. The molecule has 2 unspecified atom stereocenters. The minimum absolute atomic E-state index is 0.0106. The van der Waals surface area contributed by atoms with Gasteiger partial charge in [-0.15, -0.1) is 0 Å². The number of esters is 1. The first-order chi connectivity index (χ1) is 39.5. The van der Waals surface area contributed by atoms with Crippen LogP contribution >= 0.6 is 0 Å². The number of aliphatic hydroxyl groups excluding tert-OH is 2. The van der Waals surface area contributed by atoms with Gasteiger partial charge in [0.1, 0.15) is 0 Å². The zero-order valence-corrected chi connectivity index (χ0v) is 54.6. The van der Waals surface area contributed by atoms with Crippen molar-refractivity contribution in [1.82, 2.24) is 5.32 Å². The minimum Gasteiger partial charge on any atom is -0.466 e. The van der Waals surface area contributed by atoms with Crippen LogP contribution in [0.2, 0.25) is 0 Å². The Kier molecular flexibility index (Phi) is 68.9. The van der Waals surface area contributed by atoms with Crippen LogP contribution in [0.15, 0.2) is 12.2 Å². The molecule has 0 aromatic rings. The zero-order valence-electron chi connectivity index (χ0n) is 54.6. The van der Waals surface area contributed by atoms with Gasteiger partial charge in [-0.3, -0.25) is 9.59 Å². The molecule has 0 radical (unpaired) electrons. The summed E-state index contributed by atoms with van der Waals surface area (Å²) in [5, 5.41) is 23.4. The van der Waals surface area contributed by atoms with Crippen molar-refractivity contribution in [2.45, 2.75) is 437 Å². The summed E-state index contributed by atoms with van der Waals surface area (Å²) < 4.78 is 5.48. The van der Waals surface area contributed by atoms with Gasteiger partial charge in [0.05, 0.1) is 25.4 Å². The van der Waals surface area contributed by atoms with E-state index in [0.29, 0.717) is 25.9 Å². The smallest absolute Gasteiger partial charge is 0.305 e. The first kappa shape index (κ1) is 78.6. The molecule has 80 heavy (non-hydrogen) atoms. The number of rotatable bonds is 70. The van der Waals surface area contributed by atoms with Gasteiger partial charge < -0.3 is 20.3 Å². The van der Waals surface area contributed by atoms with E-state index in [0.717, 1.165) is 44.9 Å². The lowest BCUT2D eigenvalue weighted by Crippen LogP contribution is -2.45. The van der Waals surface area contributed by atoms with Crippen LogP contribution in [0, 0.1) is 0 Å². The largest absolute Gasteiger partial charge is 0.466 e. The SMILES string of the molecule is CCCCCC/C=C\CCCCCCCC(=O)OCCCCCCCCCCCCCCCCCCCCCCCCCCCCCCC(=O)NC(CO)C(O)CCCCCCCCCCCCCCCCCCCCCCCC. The topological polar surface area (TPSA) is 95.9 Å². The highest BCUT2D eigenvalue weighted by Crippen LogP contribution is 2.20. The molecule has 0 rings (SSSR count). The van der Waals surface area contributed by atoms with E-state index in [9.17, 15) is 19.8 Å². The summed E-state index contributed by atoms with van der Waals surface area (Å²) in [6, 6.07) is -0.539. The maximum atomic E-state index is 12.6. The predicted molar refractivity (Wildman–Crippen MR) is 352 cm³/mol. The van der Waals surface area contributed by atoms with Gasteiger partial charge in [-0.05, 0) is 51.4 Å². The number of ether oxygens (including phenoxy) is 1. The Morgan fingerprint density at radius 1 is 0.338 bits per heavy atom. The molecule has 476 valence electrons. The molecule has 0 aromatic carbocycles. The molecule has 1 amide bonds. The number of unbranched alkanes of at least 4 members (excludes halogenated alkanes) is 57. The van der Waals surface area contributed by atoms with Crippen molar-refractivity contribution in [3.8, 4) is 0 Å². The lowest BCUT2D eigenvalue weighted by atomic mass is 10.0. The van der Waals surface area contributed by atoms with Crippen LogP contribution in [0.4, 0.5) is 0 Å². The Labute approximate surface area is 501 Å². The van der Waals surface area contributed by atoms with Crippen molar-refractivity contribution in [3.63, 3.8) is 0 Å². The van der Waals surface area contributed by atoms with E-state index in [2.05, 4.69) is 31.3 Å². The highest BCUT2D eigenvalue weighted by atomic mass is 16.5. The van der Waals surface area contributed by atoms with E-state index in [1.165, 1.54) is 347 Å². The number of hydrogen-bond acceptors (Lipinski definition) is 5. The first-order valence-electron chi connectivity index (χ1n) is 36.9. The van der Waals surface area contributed by atoms with E-state index in [1.807, 2.05) is 0 Å². The summed E-state index contributed by atoms with van der Waals surface area (Å²) >= 11 is 0. The van der Waals surface area contributed by atoms with Gasteiger partial charge in [0.15, 0.2) is 0 Å². The molecule has 0 aliphatic carbocycles. The Bertz CT molecular complexity index is 1210. The lowest BCUT2D eigenvalue weighted by molar-refractivity contribution is -0.143. The normalized spacial score (nSPS) is 12.5. The fraction of sp³-hybridized carbons (Fsp3) is 0.946. The Balaban J connectivity index is 3.34. The average Bonchev–Trinajstić information content (AvgIpc) is 3.46. The van der Waals surface area contributed by atoms with E-state index in [4.69, 9.17) is 4.74 Å². The maximum Gasteiger partial charge on any atom is 0.305 e. The van der Waals surface area contributed by atoms with Gasteiger partial charge in [0.2, 0.25) is 5.91 Å². The van der Waals surface area contributed by atoms with Crippen molar-refractivity contribution in [1.29, 1.82) is 0 Å². The van der Waals surface area contributed by atoms with E-state index in [-0.39, 0.29) is 18.5 Å². The Morgan fingerprint density at radius 3 is 0.900 bits per heavy atom. The number of amides is 1. The van der Waals surface area contributed by atoms with Crippen molar-refractivity contribution >= 4 is 11.9 Å². The van der Waals surface area contributed by atoms with E-state index < -0.39 is 12.1 Å². The zero-order chi connectivity index (χ0) is 57.8. The molecule has 0 bridgehead atoms. The Hall–Kier alpha value is -1.40. The van der Waals surface area contributed by atoms with Crippen LogP contribution in [0.3, 0.4) is 0 Å². The third-order valence-electron chi connectivity index (χ3n) is 17.6. The fourth-order valence-corrected chi connectivity index (χ4v) is 11.9. The highest BCUT2D eigenvalue weighted by molar-refractivity contribution is 5.76. The van der Waals surface area contributed by atoms with E-state index >= 15 is 0 Å². The average molecular weight is 1130 g/mol. The lowest BCUT2D eigenvalue weighted by Gasteiger charge is -2.22. The summed E-state index contributed by atoms with van der Waals surface area (Å²) in [6.07, 6.45) is 87.0. The van der Waals surface area contributed by atoms with Crippen LogP contribution in [-0.2, 0) is 14.3 Å². The third-order valence-corrected chi connectivity index (χ3v) is 17.6. The number of aliphatic hydroxyl groups is 2. The summed E-state index contributed by atoms with van der Waals surface area (Å²) in [5.41, 5.74) is 0. The molecule has 3 N–H and O–H groups in total. The second-order valence-electron chi connectivity index (χ2n) is 25.6. The number of carbonyl (C=O) groups excluding carboxylic acids is 2. The van der Waals surface area contributed by atoms with Crippen molar-refractivity contribution in [2.75, 3.05) is 13.2 Å². The molecular formula is C74H145NO5. The first-order valence-corrected chi connectivity index (χ1v) is 36.9. The molecule has 0 aliphatic rings. The van der Waals surface area contributed by atoms with E-state index in [1.54, 1.807) is 0 Å². The van der Waals surface area contributed by atoms with Gasteiger partial charge in [-0.1, -0.05) is 373 Å². The van der Waals surface area contributed by atoms with Crippen molar-refractivity contribution < 1.29 is 24.5 Å². The number of carbonyl (C=O) groups is 2. The molecular weight excluding hydrogens is 983 g/mol. The van der Waals surface area contributed by atoms with Crippen molar-refractivity contribution in [2.24, 2.45) is 0 Å². The second kappa shape index (κ2) is 70.1. The van der Waals surface area contributed by atoms with Gasteiger partial charge in [0, 0.05) is 12.8 Å². The predicted octanol–water partition coefficient (Wildman–Crippen LogP) is 23.9. The standard InChI is InChI=1S/C74H145NO5/c1-3-5-7-9-11-13-15-17-18-19-20-21-30-33-36-39-43-46-50-54-58-62-66-72(77)71(70-76)75-73(78)67-63-59-55-51-47-44-40-37-34-31-28-26-24-22-23-25-27-29-32-35-38-41-45-49-53-57-61-65-69-80-74(79)68-64-60-56-52-48-42-16-14-12-10-8-6-4-2/h14,16,71-72,76-77H,3-13,15,17-70H2,1-2H3,(H,75,78)/b16-14-. The Morgan fingerprint density at radius 2 is 0.588 bits per heavy atom. The summed E-state index contributed by atoms with van der Waals surface area (Å²) in [4.78, 5) is 24.6. The van der Waals surface area contributed by atoms with Crippen molar-refractivity contribution in [3.05, 3.63) is 12.2 Å². The van der Waals surface area contributed by atoms with Crippen LogP contribution in [-0.4, -0.2) is 47.4 Å². The molecule has 0 saturated carbocycles. The quantitative estimate of drug-likeness (QED) is 0.0320. The van der Waals surface area contributed by atoms with Gasteiger partial charge in [0.25, 0.3) is 0 Å². The summed E-state index contributed by atoms with van der Waals surface area (Å²) in [5.74, 6) is -0.0158. The summed E-state index contributed by atoms with van der Waals surface area (Å²) in [7, 11) is 0. The molecule has 0 saturated heterocycles. The fourth-order valence-electron chi connectivity index (χ4n) is 11.9.